The summed E-state index contributed by atoms with van der Waals surface area (Å²) in [5, 5.41) is 13.6. The van der Waals surface area contributed by atoms with Gasteiger partial charge >= 0.3 is 0 Å². The van der Waals surface area contributed by atoms with E-state index in [2.05, 4.69) is 5.32 Å². The number of anilines is 1. The lowest BCUT2D eigenvalue weighted by Gasteiger charge is -2.17. The molecule has 1 saturated carbocycles. The number of hydrogen-bond acceptors (Lipinski definition) is 2. The zero-order valence-corrected chi connectivity index (χ0v) is 8.67. The van der Waals surface area contributed by atoms with Gasteiger partial charge in [-0.1, -0.05) is 17.7 Å². The van der Waals surface area contributed by atoms with Crippen molar-refractivity contribution in [1.82, 2.24) is 0 Å². The van der Waals surface area contributed by atoms with Crippen LogP contribution >= 0.6 is 11.6 Å². The van der Waals surface area contributed by atoms with Gasteiger partial charge in [0, 0.05) is 10.7 Å². The molecule has 1 aromatic rings. The van der Waals surface area contributed by atoms with Gasteiger partial charge in [-0.3, -0.25) is 0 Å². The third kappa shape index (κ3) is 2.20. The van der Waals surface area contributed by atoms with Crippen LogP contribution < -0.4 is 5.32 Å². The maximum atomic E-state index is 9.62. The summed E-state index contributed by atoms with van der Waals surface area (Å²) in [7, 11) is 0. The van der Waals surface area contributed by atoms with Gasteiger partial charge in [-0.2, -0.15) is 0 Å². The quantitative estimate of drug-likeness (QED) is 0.789. The second-order valence-electron chi connectivity index (χ2n) is 3.76. The lowest BCUT2D eigenvalue weighted by Crippen LogP contribution is -2.27. The van der Waals surface area contributed by atoms with Crippen molar-refractivity contribution < 1.29 is 5.11 Å². The fourth-order valence-electron chi connectivity index (χ4n) is 1.90. The highest BCUT2D eigenvalue weighted by Crippen LogP contribution is 2.24. The van der Waals surface area contributed by atoms with Gasteiger partial charge in [0.2, 0.25) is 0 Å². The number of rotatable bonds is 2. The first kappa shape index (κ1) is 9.81. The number of nitrogens with one attached hydrogen (secondary N) is 1. The van der Waals surface area contributed by atoms with Crippen LogP contribution in [0.2, 0.25) is 5.02 Å². The number of benzene rings is 1. The molecule has 1 fully saturated rings. The molecule has 0 bridgehead atoms. The van der Waals surface area contributed by atoms with Gasteiger partial charge in [0.1, 0.15) is 0 Å². The summed E-state index contributed by atoms with van der Waals surface area (Å²) >= 11 is 5.86. The standard InChI is InChI=1S/C11H14ClNO/c12-8-3-1-4-9(7-8)13-10-5-2-6-11(10)14/h1,3-4,7,10-11,13-14H,2,5-6H2/t10-,11-/m0/s1. The van der Waals surface area contributed by atoms with E-state index in [0.29, 0.717) is 0 Å². The molecule has 1 aliphatic carbocycles. The van der Waals surface area contributed by atoms with Crippen molar-refractivity contribution >= 4 is 17.3 Å². The molecule has 0 spiro atoms. The molecule has 76 valence electrons. The van der Waals surface area contributed by atoms with E-state index in [9.17, 15) is 5.11 Å². The topological polar surface area (TPSA) is 32.3 Å². The zero-order chi connectivity index (χ0) is 9.97. The largest absolute Gasteiger partial charge is 0.391 e. The SMILES string of the molecule is O[C@H]1CCC[C@@H]1Nc1cccc(Cl)c1. The molecule has 0 amide bonds. The van der Waals surface area contributed by atoms with Gasteiger partial charge < -0.3 is 10.4 Å². The molecule has 0 saturated heterocycles. The third-order valence-corrected chi connectivity index (χ3v) is 2.89. The third-order valence-electron chi connectivity index (χ3n) is 2.66. The summed E-state index contributed by atoms with van der Waals surface area (Å²) in [5.41, 5.74) is 0.989. The van der Waals surface area contributed by atoms with E-state index >= 15 is 0 Å². The Morgan fingerprint density at radius 2 is 2.21 bits per heavy atom. The summed E-state index contributed by atoms with van der Waals surface area (Å²) in [6.07, 6.45) is 2.82. The smallest absolute Gasteiger partial charge is 0.0741 e. The molecule has 3 heteroatoms. The molecular formula is C11H14ClNO. The van der Waals surface area contributed by atoms with Crippen molar-refractivity contribution in [3.63, 3.8) is 0 Å². The van der Waals surface area contributed by atoms with Crippen LogP contribution in [0.25, 0.3) is 0 Å². The molecule has 0 heterocycles. The normalized spacial score (nSPS) is 26.4. The lowest BCUT2D eigenvalue weighted by atomic mass is 10.2. The van der Waals surface area contributed by atoms with Crippen molar-refractivity contribution in [2.75, 3.05) is 5.32 Å². The number of hydrogen-bond donors (Lipinski definition) is 2. The highest BCUT2D eigenvalue weighted by molar-refractivity contribution is 6.30. The molecule has 2 atom stereocenters. The van der Waals surface area contributed by atoms with Gasteiger partial charge in [0.15, 0.2) is 0 Å². The summed E-state index contributed by atoms with van der Waals surface area (Å²) in [4.78, 5) is 0. The first-order valence-electron chi connectivity index (χ1n) is 4.96. The molecule has 2 nitrogen and oxygen atoms in total. The Morgan fingerprint density at radius 3 is 2.86 bits per heavy atom. The Hall–Kier alpha value is -0.730. The summed E-state index contributed by atoms with van der Waals surface area (Å²) in [6.45, 7) is 0. The van der Waals surface area contributed by atoms with Crippen molar-refractivity contribution in [2.24, 2.45) is 0 Å². The second-order valence-corrected chi connectivity index (χ2v) is 4.20. The van der Waals surface area contributed by atoms with Crippen LogP contribution in [0, 0.1) is 0 Å². The summed E-state index contributed by atoms with van der Waals surface area (Å²) in [5.74, 6) is 0. The highest BCUT2D eigenvalue weighted by atomic mass is 35.5. The van der Waals surface area contributed by atoms with Crippen molar-refractivity contribution in [2.45, 2.75) is 31.4 Å². The van der Waals surface area contributed by atoms with E-state index in [4.69, 9.17) is 11.6 Å². The minimum atomic E-state index is -0.214. The van der Waals surface area contributed by atoms with Gasteiger partial charge in [-0.15, -0.1) is 0 Å². The van der Waals surface area contributed by atoms with Gasteiger partial charge in [-0.25, -0.2) is 0 Å². The van der Waals surface area contributed by atoms with Crippen molar-refractivity contribution in [3.05, 3.63) is 29.3 Å². The van der Waals surface area contributed by atoms with Crippen LogP contribution in [-0.4, -0.2) is 17.3 Å². The fourth-order valence-corrected chi connectivity index (χ4v) is 2.09. The lowest BCUT2D eigenvalue weighted by molar-refractivity contribution is 0.172. The highest BCUT2D eigenvalue weighted by Gasteiger charge is 2.24. The minimum absolute atomic E-state index is 0.188. The van der Waals surface area contributed by atoms with Gasteiger partial charge in [0.05, 0.1) is 12.1 Å². The van der Waals surface area contributed by atoms with Crippen molar-refractivity contribution in [1.29, 1.82) is 0 Å². The van der Waals surface area contributed by atoms with Gasteiger partial charge in [-0.05, 0) is 37.5 Å². The summed E-state index contributed by atoms with van der Waals surface area (Å²) < 4.78 is 0. The molecule has 0 unspecified atom stereocenters. The maximum Gasteiger partial charge on any atom is 0.0741 e. The van der Waals surface area contributed by atoms with Crippen LogP contribution in [0.3, 0.4) is 0 Å². The molecular weight excluding hydrogens is 198 g/mol. The second kappa shape index (κ2) is 4.20. The fraction of sp³-hybridized carbons (Fsp3) is 0.455. The average molecular weight is 212 g/mol. The molecule has 2 rings (SSSR count). The Morgan fingerprint density at radius 1 is 1.36 bits per heavy atom. The molecule has 14 heavy (non-hydrogen) atoms. The molecule has 1 aromatic carbocycles. The predicted molar refractivity (Wildman–Crippen MR) is 58.7 cm³/mol. The first-order chi connectivity index (χ1) is 6.75. The number of halogens is 1. The molecule has 2 N–H and O–H groups in total. The molecule has 1 aliphatic rings. The first-order valence-corrected chi connectivity index (χ1v) is 5.34. The van der Waals surface area contributed by atoms with E-state index in [1.54, 1.807) is 0 Å². The Balaban J connectivity index is 2.03. The molecule has 0 aromatic heterocycles. The van der Waals surface area contributed by atoms with Crippen LogP contribution in [0.1, 0.15) is 19.3 Å². The Bertz CT molecular complexity index is 316. The van der Waals surface area contributed by atoms with Crippen LogP contribution in [0.4, 0.5) is 5.69 Å². The van der Waals surface area contributed by atoms with E-state index < -0.39 is 0 Å². The number of aliphatic hydroxyl groups excluding tert-OH is 1. The van der Waals surface area contributed by atoms with Crippen LogP contribution in [-0.2, 0) is 0 Å². The van der Waals surface area contributed by atoms with Crippen molar-refractivity contribution in [3.8, 4) is 0 Å². The number of aliphatic hydroxyl groups is 1. The van der Waals surface area contributed by atoms with E-state index in [1.165, 1.54) is 0 Å². The molecule has 0 radical (unpaired) electrons. The maximum absolute atomic E-state index is 9.62. The van der Waals surface area contributed by atoms with Gasteiger partial charge in [0.25, 0.3) is 0 Å². The van der Waals surface area contributed by atoms with E-state index in [0.717, 1.165) is 30.0 Å². The minimum Gasteiger partial charge on any atom is -0.391 e. The summed E-state index contributed by atoms with van der Waals surface area (Å²) in [6, 6.07) is 7.79. The Labute approximate surface area is 88.9 Å². The average Bonchev–Trinajstić information content (AvgIpc) is 2.52. The van der Waals surface area contributed by atoms with E-state index in [-0.39, 0.29) is 12.1 Å². The predicted octanol–water partition coefficient (Wildman–Crippen LogP) is 2.67. The van der Waals surface area contributed by atoms with Crippen LogP contribution in [0.5, 0.6) is 0 Å². The van der Waals surface area contributed by atoms with Crippen LogP contribution in [0.15, 0.2) is 24.3 Å². The monoisotopic (exact) mass is 211 g/mol. The Kier molecular flexibility index (Phi) is 2.94. The zero-order valence-electron chi connectivity index (χ0n) is 7.91. The van der Waals surface area contributed by atoms with E-state index in [1.807, 2.05) is 24.3 Å². The molecule has 0 aliphatic heterocycles.